The monoisotopic (exact) mass is 255 g/mol. The summed E-state index contributed by atoms with van der Waals surface area (Å²) in [4.78, 5) is 5.13. The molecule has 0 radical (unpaired) electrons. The van der Waals surface area contributed by atoms with Crippen LogP contribution in [0.3, 0.4) is 0 Å². The van der Waals surface area contributed by atoms with Gasteiger partial charge in [-0.05, 0) is 64.8 Å². The van der Waals surface area contributed by atoms with E-state index in [2.05, 4.69) is 37.6 Å². The summed E-state index contributed by atoms with van der Waals surface area (Å²) in [5.41, 5.74) is 6.12. The number of piperidine rings is 1. The predicted octanol–water partition coefficient (Wildman–Crippen LogP) is 2.17. The molecule has 0 aromatic rings. The lowest BCUT2D eigenvalue weighted by Crippen LogP contribution is -2.44. The van der Waals surface area contributed by atoms with Gasteiger partial charge in [0.25, 0.3) is 0 Å². The molecule has 0 aromatic carbocycles. The molecule has 1 aliphatic heterocycles. The van der Waals surface area contributed by atoms with E-state index in [0.29, 0.717) is 12.0 Å². The molecule has 1 atom stereocenters. The van der Waals surface area contributed by atoms with Crippen molar-refractivity contribution in [3.63, 3.8) is 0 Å². The van der Waals surface area contributed by atoms with Crippen molar-refractivity contribution in [2.75, 3.05) is 33.2 Å². The van der Waals surface area contributed by atoms with Crippen LogP contribution >= 0.6 is 0 Å². The van der Waals surface area contributed by atoms with E-state index >= 15 is 0 Å². The van der Waals surface area contributed by atoms with Gasteiger partial charge in [0.15, 0.2) is 0 Å². The molecule has 1 saturated heterocycles. The summed E-state index contributed by atoms with van der Waals surface area (Å²) in [6, 6.07) is 1.13. The Morgan fingerprint density at radius 1 is 1.28 bits per heavy atom. The summed E-state index contributed by atoms with van der Waals surface area (Å²) in [7, 11) is 2.27. The molecule has 0 aliphatic carbocycles. The Bertz CT molecular complexity index is 210. The van der Waals surface area contributed by atoms with Gasteiger partial charge < -0.3 is 15.5 Å². The molecule has 1 heterocycles. The standard InChI is InChI=1S/C15H33N3/c1-5-9-18-11-6-14(7-12-18)17(4)10-8-15(16)13(2)3/h13-15H,5-12,16H2,1-4H3. The fourth-order valence-corrected chi connectivity index (χ4v) is 2.77. The third-order valence-electron chi connectivity index (χ3n) is 4.39. The van der Waals surface area contributed by atoms with Gasteiger partial charge >= 0.3 is 0 Å². The highest BCUT2D eigenvalue weighted by molar-refractivity contribution is 4.79. The molecule has 1 aliphatic rings. The lowest BCUT2D eigenvalue weighted by Gasteiger charge is -2.37. The first kappa shape index (κ1) is 15.9. The maximum absolute atomic E-state index is 6.12. The van der Waals surface area contributed by atoms with Gasteiger partial charge in [0.2, 0.25) is 0 Å². The van der Waals surface area contributed by atoms with Crippen LogP contribution in [0.15, 0.2) is 0 Å². The molecule has 1 fully saturated rings. The Hall–Kier alpha value is -0.120. The highest BCUT2D eigenvalue weighted by Crippen LogP contribution is 2.16. The van der Waals surface area contributed by atoms with E-state index in [9.17, 15) is 0 Å². The maximum Gasteiger partial charge on any atom is 0.0117 e. The Labute approximate surface area is 114 Å². The van der Waals surface area contributed by atoms with E-state index in [-0.39, 0.29) is 0 Å². The predicted molar refractivity (Wildman–Crippen MR) is 79.8 cm³/mol. The summed E-state index contributed by atoms with van der Waals surface area (Å²) in [5, 5.41) is 0. The smallest absolute Gasteiger partial charge is 0.0117 e. The van der Waals surface area contributed by atoms with Crippen LogP contribution in [-0.4, -0.2) is 55.1 Å². The molecule has 108 valence electrons. The summed E-state index contributed by atoms with van der Waals surface area (Å²) in [6.07, 6.45) is 5.06. The fraction of sp³-hybridized carbons (Fsp3) is 1.00. The molecular weight excluding hydrogens is 222 g/mol. The van der Waals surface area contributed by atoms with Crippen LogP contribution in [0.4, 0.5) is 0 Å². The van der Waals surface area contributed by atoms with Gasteiger partial charge in [0.1, 0.15) is 0 Å². The van der Waals surface area contributed by atoms with Gasteiger partial charge in [-0.1, -0.05) is 20.8 Å². The van der Waals surface area contributed by atoms with Crippen LogP contribution < -0.4 is 5.73 Å². The molecule has 0 spiro atoms. The normalized spacial score (nSPS) is 20.8. The van der Waals surface area contributed by atoms with Gasteiger partial charge in [-0.15, -0.1) is 0 Å². The van der Waals surface area contributed by atoms with E-state index in [1.807, 2.05) is 0 Å². The van der Waals surface area contributed by atoms with Crippen LogP contribution in [0.1, 0.15) is 46.5 Å². The van der Waals surface area contributed by atoms with Gasteiger partial charge in [0.05, 0.1) is 0 Å². The van der Waals surface area contributed by atoms with Gasteiger partial charge in [0, 0.05) is 12.1 Å². The van der Waals surface area contributed by atoms with Crippen molar-refractivity contribution in [3.05, 3.63) is 0 Å². The number of nitrogens with two attached hydrogens (primary N) is 1. The third-order valence-corrected chi connectivity index (χ3v) is 4.39. The first-order valence-electron chi connectivity index (χ1n) is 7.72. The molecule has 3 heteroatoms. The topological polar surface area (TPSA) is 32.5 Å². The highest BCUT2D eigenvalue weighted by Gasteiger charge is 2.22. The maximum atomic E-state index is 6.12. The van der Waals surface area contributed by atoms with Gasteiger partial charge in [-0.25, -0.2) is 0 Å². The van der Waals surface area contributed by atoms with Crippen molar-refractivity contribution >= 4 is 0 Å². The van der Waals surface area contributed by atoms with Crippen molar-refractivity contribution in [1.29, 1.82) is 0 Å². The van der Waals surface area contributed by atoms with Crippen molar-refractivity contribution in [1.82, 2.24) is 9.80 Å². The molecular formula is C15H33N3. The van der Waals surface area contributed by atoms with Crippen molar-refractivity contribution in [3.8, 4) is 0 Å². The van der Waals surface area contributed by atoms with Crippen LogP contribution in [0.25, 0.3) is 0 Å². The first-order valence-corrected chi connectivity index (χ1v) is 7.72. The second-order valence-electron chi connectivity index (χ2n) is 6.25. The molecule has 1 rings (SSSR count). The van der Waals surface area contributed by atoms with Crippen LogP contribution in [0.2, 0.25) is 0 Å². The Morgan fingerprint density at radius 2 is 1.89 bits per heavy atom. The Morgan fingerprint density at radius 3 is 2.39 bits per heavy atom. The van der Waals surface area contributed by atoms with Gasteiger partial charge in [-0.3, -0.25) is 0 Å². The zero-order valence-corrected chi connectivity index (χ0v) is 12.9. The van der Waals surface area contributed by atoms with Crippen LogP contribution in [0.5, 0.6) is 0 Å². The number of rotatable bonds is 7. The minimum atomic E-state index is 0.354. The van der Waals surface area contributed by atoms with Crippen molar-refractivity contribution in [2.24, 2.45) is 11.7 Å². The first-order chi connectivity index (χ1) is 8.54. The van der Waals surface area contributed by atoms with Crippen molar-refractivity contribution in [2.45, 2.75) is 58.5 Å². The average molecular weight is 255 g/mol. The second-order valence-corrected chi connectivity index (χ2v) is 6.25. The number of nitrogens with zero attached hydrogens (tertiary/aromatic N) is 2. The molecule has 0 aromatic heterocycles. The number of hydrogen-bond acceptors (Lipinski definition) is 3. The highest BCUT2D eigenvalue weighted by atomic mass is 15.2. The van der Waals surface area contributed by atoms with E-state index in [0.717, 1.165) is 19.0 Å². The third kappa shape index (κ3) is 5.25. The second kappa shape index (κ2) is 8.13. The largest absolute Gasteiger partial charge is 0.327 e. The number of likely N-dealkylation sites (tertiary alicyclic amines) is 1. The average Bonchev–Trinajstić information content (AvgIpc) is 2.36. The summed E-state index contributed by atoms with van der Waals surface area (Å²) >= 11 is 0. The molecule has 1 unspecified atom stereocenters. The minimum absolute atomic E-state index is 0.354. The van der Waals surface area contributed by atoms with Crippen molar-refractivity contribution < 1.29 is 0 Å². The molecule has 18 heavy (non-hydrogen) atoms. The lowest BCUT2D eigenvalue weighted by atomic mass is 10.00. The fourth-order valence-electron chi connectivity index (χ4n) is 2.77. The molecule has 3 nitrogen and oxygen atoms in total. The Balaban J connectivity index is 2.21. The zero-order valence-electron chi connectivity index (χ0n) is 12.9. The molecule has 0 amide bonds. The summed E-state index contributed by atoms with van der Waals surface area (Å²) in [5.74, 6) is 0.602. The van der Waals surface area contributed by atoms with Gasteiger partial charge in [-0.2, -0.15) is 0 Å². The Kier molecular flexibility index (Phi) is 7.20. The van der Waals surface area contributed by atoms with Crippen LogP contribution in [0, 0.1) is 5.92 Å². The van der Waals surface area contributed by atoms with Crippen LogP contribution in [-0.2, 0) is 0 Å². The summed E-state index contributed by atoms with van der Waals surface area (Å²) in [6.45, 7) is 11.7. The van der Waals surface area contributed by atoms with E-state index in [1.165, 1.54) is 38.9 Å². The summed E-state index contributed by atoms with van der Waals surface area (Å²) < 4.78 is 0. The van der Waals surface area contributed by atoms with E-state index in [4.69, 9.17) is 5.73 Å². The molecule has 0 bridgehead atoms. The quantitative estimate of drug-likeness (QED) is 0.757. The lowest BCUT2D eigenvalue weighted by molar-refractivity contribution is 0.124. The molecule has 0 saturated carbocycles. The van der Waals surface area contributed by atoms with E-state index in [1.54, 1.807) is 0 Å². The molecule has 2 N–H and O–H groups in total. The van der Waals surface area contributed by atoms with E-state index < -0.39 is 0 Å². The minimum Gasteiger partial charge on any atom is -0.327 e. The SMILES string of the molecule is CCCN1CCC(N(C)CCC(N)C(C)C)CC1. The zero-order chi connectivity index (χ0) is 13.5. The number of hydrogen-bond donors (Lipinski definition) is 1.